The topological polar surface area (TPSA) is 90.3 Å². The molecule has 0 saturated heterocycles. The van der Waals surface area contributed by atoms with Crippen molar-refractivity contribution in [2.75, 3.05) is 38.2 Å². The Labute approximate surface area is 228 Å². The second-order valence-electron chi connectivity index (χ2n) is 10.9. The minimum Gasteiger partial charge on any atom is -0.490 e. The Morgan fingerprint density at radius 3 is 2.76 bits per heavy atom. The van der Waals surface area contributed by atoms with Crippen LogP contribution < -0.4 is 9.64 Å². The highest BCUT2D eigenvalue weighted by molar-refractivity contribution is 6.30. The molecule has 0 unspecified atom stereocenters. The lowest BCUT2D eigenvalue weighted by molar-refractivity contribution is -0.164. The van der Waals surface area contributed by atoms with Crippen LogP contribution in [0, 0.1) is 0 Å². The molecule has 3 aliphatic rings. The van der Waals surface area contributed by atoms with E-state index in [1.807, 2.05) is 12.1 Å². The Morgan fingerprint density at radius 1 is 1.11 bits per heavy atom. The molecule has 2 aromatic rings. The zero-order valence-corrected chi connectivity index (χ0v) is 22.5. The Kier molecular flexibility index (Phi) is 7.43. The van der Waals surface area contributed by atoms with Crippen molar-refractivity contribution in [3.05, 3.63) is 70.3 Å². The van der Waals surface area contributed by atoms with Crippen LogP contribution in [0.25, 0.3) is 0 Å². The number of hydrogen-bond acceptors (Lipinski definition) is 5. The molecule has 2 aromatic carbocycles. The first kappa shape index (κ1) is 26.6. The number of aliphatic carboxylic acids is 1. The summed E-state index contributed by atoms with van der Waals surface area (Å²) in [6, 6.07) is 11.2. The number of carboxylic acids is 1. The summed E-state index contributed by atoms with van der Waals surface area (Å²) in [5, 5.41) is 22.2. The van der Waals surface area contributed by atoms with Crippen LogP contribution in [0.4, 0.5) is 5.69 Å². The maximum atomic E-state index is 12.9. The normalized spacial score (nSPS) is 26.1. The molecule has 5 rings (SSSR count). The molecular formula is C30H35ClN2O5. The minimum absolute atomic E-state index is 0.177. The molecule has 1 amide bonds. The maximum absolute atomic E-state index is 12.9. The highest BCUT2D eigenvalue weighted by atomic mass is 35.5. The zero-order chi connectivity index (χ0) is 26.9. The molecule has 7 nitrogen and oxygen atoms in total. The maximum Gasteiger partial charge on any atom is 0.340 e. The molecule has 0 fully saturated rings. The number of hydrogen-bond donors (Lipinski definition) is 2. The Morgan fingerprint density at radius 2 is 1.95 bits per heavy atom. The van der Waals surface area contributed by atoms with Gasteiger partial charge in [0, 0.05) is 37.1 Å². The molecule has 38 heavy (non-hydrogen) atoms. The van der Waals surface area contributed by atoms with Gasteiger partial charge in [0.1, 0.15) is 5.75 Å². The van der Waals surface area contributed by atoms with Gasteiger partial charge in [0.15, 0.2) is 5.60 Å². The van der Waals surface area contributed by atoms with E-state index in [9.17, 15) is 19.8 Å². The summed E-state index contributed by atoms with van der Waals surface area (Å²) in [4.78, 5) is 29.0. The molecule has 8 heteroatoms. The van der Waals surface area contributed by atoms with Gasteiger partial charge in [-0.05, 0) is 79.5 Å². The summed E-state index contributed by atoms with van der Waals surface area (Å²) < 4.78 is 6.45. The van der Waals surface area contributed by atoms with E-state index in [2.05, 4.69) is 23.1 Å². The van der Waals surface area contributed by atoms with Crippen LogP contribution >= 0.6 is 11.6 Å². The first-order valence-corrected chi connectivity index (χ1v) is 13.8. The number of anilines is 1. The number of allylic oxidation sites excluding steroid dienone is 1. The highest BCUT2D eigenvalue weighted by Gasteiger charge is 2.44. The number of carboxylic acid groups (broad SMARTS) is 1. The second kappa shape index (κ2) is 10.6. The van der Waals surface area contributed by atoms with Crippen molar-refractivity contribution in [3.8, 4) is 5.75 Å². The van der Waals surface area contributed by atoms with Crippen LogP contribution in [0.5, 0.6) is 5.75 Å². The average molecular weight is 539 g/mol. The van der Waals surface area contributed by atoms with Crippen molar-refractivity contribution in [2.24, 2.45) is 0 Å². The molecule has 202 valence electrons. The number of benzene rings is 2. The predicted molar refractivity (Wildman–Crippen MR) is 147 cm³/mol. The van der Waals surface area contributed by atoms with Gasteiger partial charge in [-0.1, -0.05) is 35.9 Å². The largest absolute Gasteiger partial charge is 0.490 e. The molecule has 0 saturated carbocycles. The fraction of sp³-hybridized carbons (Fsp3) is 0.467. The fourth-order valence-electron chi connectivity index (χ4n) is 6.08. The van der Waals surface area contributed by atoms with E-state index in [0.29, 0.717) is 25.4 Å². The number of fused-ring (bicyclic) bond motifs is 3. The number of carbonyl (C=O) groups is 2. The van der Waals surface area contributed by atoms with Gasteiger partial charge in [0.05, 0.1) is 18.7 Å². The molecule has 2 heterocycles. The molecule has 1 spiro atoms. The molecule has 2 atom stereocenters. The summed E-state index contributed by atoms with van der Waals surface area (Å²) in [6.45, 7) is 2.34. The summed E-state index contributed by atoms with van der Waals surface area (Å²) >= 11 is 6.34. The molecule has 1 aliphatic carbocycles. The molecule has 2 aliphatic heterocycles. The number of nitrogens with zero attached hydrogens (tertiary/aromatic N) is 2. The lowest BCUT2D eigenvalue weighted by Crippen LogP contribution is -2.46. The number of carbonyl (C=O) groups excluding carboxylic acids is 1. The molecule has 2 bridgehead atoms. The number of likely N-dealkylation sites (N-methyl/N-ethyl adjacent to an activating group) is 1. The van der Waals surface area contributed by atoms with Crippen LogP contribution in [0.3, 0.4) is 0 Å². The van der Waals surface area contributed by atoms with Gasteiger partial charge in [-0.3, -0.25) is 4.79 Å². The molecule has 2 N–H and O–H groups in total. The van der Waals surface area contributed by atoms with E-state index >= 15 is 0 Å². The third-order valence-corrected chi connectivity index (χ3v) is 8.53. The lowest BCUT2D eigenvalue weighted by Gasteiger charge is -2.41. The Hall–Kier alpha value is -3.03. The van der Waals surface area contributed by atoms with Gasteiger partial charge in [-0.15, -0.1) is 0 Å². The second-order valence-corrected chi connectivity index (χ2v) is 11.3. The first-order chi connectivity index (χ1) is 18.2. The van der Waals surface area contributed by atoms with Gasteiger partial charge in [0.25, 0.3) is 0 Å². The number of halogens is 1. The van der Waals surface area contributed by atoms with E-state index in [4.69, 9.17) is 16.3 Å². The van der Waals surface area contributed by atoms with E-state index in [0.717, 1.165) is 55.8 Å². The Bertz CT molecular complexity index is 1260. The third-order valence-electron chi connectivity index (χ3n) is 8.30. The zero-order valence-electron chi connectivity index (χ0n) is 21.8. The van der Waals surface area contributed by atoms with Gasteiger partial charge >= 0.3 is 5.97 Å². The predicted octanol–water partition coefficient (Wildman–Crippen LogP) is 4.67. The summed E-state index contributed by atoms with van der Waals surface area (Å²) in [5.74, 6) is -1.23. The summed E-state index contributed by atoms with van der Waals surface area (Å²) in [5.41, 5.74) is 0.861. The van der Waals surface area contributed by atoms with Crippen LogP contribution in [0.15, 0.2) is 48.6 Å². The standard InChI is InChI=1S/C30H35ClN2O5/c1-32-14-5-3-2-4-6-15-33-19-29(13-7-8-21-16-23(31)10-11-24(21)29)20-38-26-12-9-22(17-25(26)33)30(37,28(35)36)18-27(32)34/h3,5,9-12,16-17,37H,2,4,6-8,13-15,18-20H2,1H3,(H,35,36)/t29-,30+/m0/s1. The fourth-order valence-corrected chi connectivity index (χ4v) is 6.27. The van der Waals surface area contributed by atoms with Crippen LogP contribution in [0.2, 0.25) is 5.02 Å². The minimum atomic E-state index is -2.35. The number of amides is 1. The van der Waals surface area contributed by atoms with Crippen LogP contribution in [-0.2, 0) is 27.0 Å². The van der Waals surface area contributed by atoms with Crippen LogP contribution in [0.1, 0.15) is 55.2 Å². The van der Waals surface area contributed by atoms with E-state index in [1.54, 1.807) is 25.2 Å². The van der Waals surface area contributed by atoms with Crippen molar-refractivity contribution in [3.63, 3.8) is 0 Å². The summed E-state index contributed by atoms with van der Waals surface area (Å²) in [7, 11) is 1.62. The summed E-state index contributed by atoms with van der Waals surface area (Å²) in [6.07, 6.45) is 9.24. The number of rotatable bonds is 1. The SMILES string of the molecule is CN1CC=CCCCCN2C[C@@]3(CCCc4cc(Cl)ccc43)COc3ccc(cc32)[C@@](O)(C(=O)O)CC1=O. The smallest absolute Gasteiger partial charge is 0.340 e. The van der Waals surface area contributed by atoms with Crippen LogP contribution in [-0.4, -0.2) is 60.3 Å². The van der Waals surface area contributed by atoms with Gasteiger partial charge in [-0.2, -0.15) is 0 Å². The molecular weight excluding hydrogens is 504 g/mol. The molecule has 0 aromatic heterocycles. The van der Waals surface area contributed by atoms with Crippen molar-refractivity contribution in [1.29, 1.82) is 0 Å². The van der Waals surface area contributed by atoms with Crippen molar-refractivity contribution < 1.29 is 24.5 Å². The van der Waals surface area contributed by atoms with Crippen molar-refractivity contribution in [2.45, 2.75) is 56.0 Å². The number of aliphatic hydroxyl groups is 1. The van der Waals surface area contributed by atoms with Crippen molar-refractivity contribution in [1.82, 2.24) is 4.90 Å². The third kappa shape index (κ3) is 5.02. The van der Waals surface area contributed by atoms with E-state index in [1.165, 1.54) is 16.0 Å². The van der Waals surface area contributed by atoms with Gasteiger partial charge in [0.2, 0.25) is 5.91 Å². The average Bonchev–Trinajstić information content (AvgIpc) is 3.04. The monoisotopic (exact) mass is 538 g/mol. The lowest BCUT2D eigenvalue weighted by atomic mass is 9.70. The number of ether oxygens (including phenoxy) is 1. The first-order valence-electron chi connectivity index (χ1n) is 13.4. The van der Waals surface area contributed by atoms with Gasteiger partial charge < -0.3 is 24.7 Å². The Balaban J connectivity index is 1.59. The van der Waals surface area contributed by atoms with E-state index < -0.39 is 23.9 Å². The highest BCUT2D eigenvalue weighted by Crippen LogP contribution is 2.45. The number of aryl methyl sites for hydroxylation is 1. The quantitative estimate of drug-likeness (QED) is 0.513. The van der Waals surface area contributed by atoms with E-state index in [-0.39, 0.29) is 11.0 Å². The van der Waals surface area contributed by atoms with Crippen molar-refractivity contribution >= 4 is 29.2 Å². The van der Waals surface area contributed by atoms with Gasteiger partial charge in [-0.25, -0.2) is 4.79 Å². The molecule has 0 radical (unpaired) electrons.